The number of piperazine rings is 1. The van der Waals surface area contributed by atoms with Gasteiger partial charge < -0.3 is 20.3 Å². The quantitative estimate of drug-likeness (QED) is 0.706. The lowest BCUT2D eigenvalue weighted by Crippen LogP contribution is -2.70. The van der Waals surface area contributed by atoms with Crippen molar-refractivity contribution >= 4 is 5.95 Å². The number of halogens is 3. The highest BCUT2D eigenvalue weighted by Crippen LogP contribution is 2.29. The third kappa shape index (κ3) is 2.66. The molecule has 7 nitrogen and oxygen atoms in total. The van der Waals surface area contributed by atoms with Crippen molar-refractivity contribution in [3.63, 3.8) is 0 Å². The van der Waals surface area contributed by atoms with E-state index >= 15 is 0 Å². The maximum Gasteiger partial charge on any atom is 0.419 e. The van der Waals surface area contributed by atoms with E-state index in [0.717, 1.165) is 12.4 Å². The van der Waals surface area contributed by atoms with Gasteiger partial charge in [-0.15, -0.1) is 0 Å². The van der Waals surface area contributed by atoms with Crippen LogP contribution in [0.1, 0.15) is 5.56 Å². The molecule has 120 valence electrons. The van der Waals surface area contributed by atoms with Crippen LogP contribution in [-0.4, -0.2) is 41.5 Å². The van der Waals surface area contributed by atoms with Crippen LogP contribution in [0.4, 0.5) is 19.1 Å². The van der Waals surface area contributed by atoms with Gasteiger partial charge in [-0.25, -0.2) is 9.97 Å². The summed E-state index contributed by atoms with van der Waals surface area (Å²) in [6, 6.07) is -0.381. The molecule has 2 atom stereocenters. The Kier molecular flexibility index (Phi) is 3.57. The molecule has 1 aromatic heterocycles. The molecule has 1 aromatic rings. The predicted molar refractivity (Wildman–Crippen MR) is 71.3 cm³/mol. The molecule has 0 saturated carbocycles. The summed E-state index contributed by atoms with van der Waals surface area (Å²) in [5.41, 5.74) is 5.26. The molecule has 1 saturated heterocycles. The van der Waals surface area contributed by atoms with Gasteiger partial charge in [-0.3, -0.25) is 5.73 Å². The first-order valence-electron chi connectivity index (χ1n) is 6.66. The minimum absolute atomic E-state index is 0.182. The molecule has 4 N–H and O–H groups in total. The van der Waals surface area contributed by atoms with Gasteiger partial charge in [0.25, 0.3) is 5.85 Å². The SMILES string of the molecule is NC1(C2CNCCN2c2ncc(C(F)(F)F)cn2)NC=CO1. The topological polar surface area (TPSA) is 88.3 Å². The van der Waals surface area contributed by atoms with Crippen molar-refractivity contribution in [2.45, 2.75) is 18.1 Å². The lowest BCUT2D eigenvalue weighted by atomic mass is 10.1. The third-order valence-electron chi connectivity index (χ3n) is 3.60. The van der Waals surface area contributed by atoms with Gasteiger partial charge in [0.05, 0.1) is 5.56 Å². The fourth-order valence-electron chi connectivity index (χ4n) is 2.46. The monoisotopic (exact) mass is 316 g/mol. The van der Waals surface area contributed by atoms with E-state index < -0.39 is 17.6 Å². The number of alkyl halides is 3. The molecular weight excluding hydrogens is 301 g/mol. The maximum atomic E-state index is 12.6. The molecule has 0 aliphatic carbocycles. The normalized spacial score (nSPS) is 28.4. The molecule has 3 heterocycles. The van der Waals surface area contributed by atoms with E-state index in [2.05, 4.69) is 20.6 Å². The fourth-order valence-corrected chi connectivity index (χ4v) is 2.46. The highest BCUT2D eigenvalue weighted by atomic mass is 19.4. The van der Waals surface area contributed by atoms with Gasteiger partial charge in [0.1, 0.15) is 12.3 Å². The molecule has 2 aliphatic rings. The zero-order chi connectivity index (χ0) is 15.8. The first-order chi connectivity index (χ1) is 10.4. The fraction of sp³-hybridized carbons (Fsp3) is 0.500. The van der Waals surface area contributed by atoms with E-state index in [0.29, 0.717) is 19.6 Å². The van der Waals surface area contributed by atoms with Crippen LogP contribution in [-0.2, 0) is 10.9 Å². The van der Waals surface area contributed by atoms with Crippen molar-refractivity contribution in [3.05, 3.63) is 30.4 Å². The zero-order valence-corrected chi connectivity index (χ0v) is 11.5. The molecule has 0 radical (unpaired) electrons. The van der Waals surface area contributed by atoms with Crippen molar-refractivity contribution in [2.75, 3.05) is 24.5 Å². The van der Waals surface area contributed by atoms with E-state index in [9.17, 15) is 13.2 Å². The molecule has 10 heteroatoms. The van der Waals surface area contributed by atoms with Gasteiger partial charge in [-0.1, -0.05) is 0 Å². The Morgan fingerprint density at radius 3 is 2.68 bits per heavy atom. The largest absolute Gasteiger partial charge is 0.459 e. The summed E-state index contributed by atoms with van der Waals surface area (Å²) in [5.74, 6) is -0.999. The predicted octanol–water partition coefficient (Wildman–Crippen LogP) is -0.0229. The first-order valence-corrected chi connectivity index (χ1v) is 6.66. The van der Waals surface area contributed by atoms with Gasteiger partial charge in [-0.2, -0.15) is 13.2 Å². The lowest BCUT2D eigenvalue weighted by Gasteiger charge is -2.43. The molecule has 3 rings (SSSR count). The van der Waals surface area contributed by atoms with Crippen molar-refractivity contribution in [1.82, 2.24) is 20.6 Å². The number of nitrogens with two attached hydrogens (primary N) is 1. The Bertz CT molecular complexity index is 553. The van der Waals surface area contributed by atoms with E-state index in [1.54, 1.807) is 11.1 Å². The van der Waals surface area contributed by atoms with E-state index in [1.165, 1.54) is 6.26 Å². The van der Waals surface area contributed by atoms with Gasteiger partial charge in [-0.05, 0) is 0 Å². The van der Waals surface area contributed by atoms with Crippen LogP contribution in [0.5, 0.6) is 0 Å². The second kappa shape index (κ2) is 5.29. The minimum atomic E-state index is -4.46. The van der Waals surface area contributed by atoms with Crippen LogP contribution in [0, 0.1) is 0 Å². The second-order valence-corrected chi connectivity index (χ2v) is 5.04. The second-order valence-electron chi connectivity index (χ2n) is 5.04. The molecule has 2 aliphatic heterocycles. The van der Waals surface area contributed by atoms with E-state index in [4.69, 9.17) is 10.5 Å². The third-order valence-corrected chi connectivity index (χ3v) is 3.60. The van der Waals surface area contributed by atoms with Crippen molar-refractivity contribution in [2.24, 2.45) is 5.73 Å². The van der Waals surface area contributed by atoms with E-state index in [1.807, 2.05) is 0 Å². The minimum Gasteiger partial charge on any atom is -0.459 e. The lowest BCUT2D eigenvalue weighted by molar-refractivity contribution is -0.138. The molecule has 22 heavy (non-hydrogen) atoms. The van der Waals surface area contributed by atoms with Gasteiger partial charge in [0.15, 0.2) is 0 Å². The Labute approximate surface area is 124 Å². The van der Waals surface area contributed by atoms with Crippen molar-refractivity contribution in [3.8, 4) is 0 Å². The maximum absolute atomic E-state index is 12.6. The molecule has 0 bridgehead atoms. The molecule has 2 unspecified atom stereocenters. The highest BCUT2D eigenvalue weighted by Gasteiger charge is 2.44. The molecular formula is C12H15F3N6O. The average Bonchev–Trinajstić information content (AvgIpc) is 2.95. The summed E-state index contributed by atoms with van der Waals surface area (Å²) < 4.78 is 43.1. The number of nitrogens with zero attached hydrogens (tertiary/aromatic N) is 3. The number of hydrogen-bond acceptors (Lipinski definition) is 7. The molecule has 0 amide bonds. The molecule has 1 fully saturated rings. The Morgan fingerprint density at radius 1 is 1.36 bits per heavy atom. The summed E-state index contributed by atoms with van der Waals surface area (Å²) in [4.78, 5) is 9.39. The van der Waals surface area contributed by atoms with Gasteiger partial charge in [0, 0.05) is 38.2 Å². The Hall–Kier alpha value is -2.07. The summed E-state index contributed by atoms with van der Waals surface area (Å²) in [6.45, 7) is 1.62. The zero-order valence-electron chi connectivity index (χ0n) is 11.5. The summed E-state index contributed by atoms with van der Waals surface area (Å²) in [6.07, 6.45) is 0.0783. The van der Waals surface area contributed by atoms with Crippen LogP contribution >= 0.6 is 0 Å². The Morgan fingerprint density at radius 2 is 2.09 bits per heavy atom. The molecule has 0 spiro atoms. The standard InChI is InChI=1S/C12H15F3N6O/c13-11(14,15)8-5-18-10(19-6-8)21-3-1-17-7-9(21)12(16)20-2-4-22-12/h2,4-6,9,17,20H,1,3,7,16H2. The van der Waals surface area contributed by atoms with E-state index in [-0.39, 0.29) is 12.0 Å². The number of hydrogen-bond donors (Lipinski definition) is 3. The van der Waals surface area contributed by atoms with Crippen LogP contribution < -0.4 is 21.3 Å². The van der Waals surface area contributed by atoms with Crippen LogP contribution in [0.25, 0.3) is 0 Å². The van der Waals surface area contributed by atoms with Crippen molar-refractivity contribution in [1.29, 1.82) is 0 Å². The molecule has 0 aromatic carbocycles. The van der Waals surface area contributed by atoms with Gasteiger partial charge in [0.2, 0.25) is 5.95 Å². The highest BCUT2D eigenvalue weighted by molar-refractivity contribution is 5.35. The number of anilines is 1. The van der Waals surface area contributed by atoms with Crippen LogP contribution in [0.3, 0.4) is 0 Å². The first kappa shape index (κ1) is 14.9. The van der Waals surface area contributed by atoms with Crippen LogP contribution in [0.15, 0.2) is 24.9 Å². The summed E-state index contributed by atoms with van der Waals surface area (Å²) in [7, 11) is 0. The number of nitrogens with one attached hydrogen (secondary N) is 2. The van der Waals surface area contributed by atoms with Crippen LogP contribution in [0.2, 0.25) is 0 Å². The summed E-state index contributed by atoms with van der Waals surface area (Å²) in [5, 5.41) is 6.06. The average molecular weight is 316 g/mol. The number of aromatic nitrogens is 2. The van der Waals surface area contributed by atoms with Crippen molar-refractivity contribution < 1.29 is 17.9 Å². The Balaban J connectivity index is 1.84. The smallest absolute Gasteiger partial charge is 0.419 e. The summed E-state index contributed by atoms with van der Waals surface area (Å²) >= 11 is 0. The number of rotatable bonds is 2. The van der Waals surface area contributed by atoms with Gasteiger partial charge >= 0.3 is 6.18 Å². The number of ether oxygens (including phenoxy) is 1.